The number of rotatable bonds is 27. The highest BCUT2D eigenvalue weighted by Gasteiger charge is 2.02. The Balaban J connectivity index is 3.13. The fourth-order valence-corrected chi connectivity index (χ4v) is 4.35. The molecular formula is C29H58O3. The van der Waals surface area contributed by atoms with Crippen LogP contribution < -0.4 is 0 Å². The van der Waals surface area contributed by atoms with Gasteiger partial charge < -0.3 is 9.84 Å². The lowest BCUT2D eigenvalue weighted by atomic mass is 10.0. The first-order valence-electron chi connectivity index (χ1n) is 14.6. The molecule has 0 saturated carbocycles. The minimum absolute atomic E-state index is 0.00331. The van der Waals surface area contributed by atoms with Crippen LogP contribution in [0.3, 0.4) is 0 Å². The van der Waals surface area contributed by atoms with Crippen LogP contribution in [0.5, 0.6) is 0 Å². The molecule has 0 aromatic heterocycles. The summed E-state index contributed by atoms with van der Waals surface area (Å²) in [5.41, 5.74) is 0. The highest BCUT2D eigenvalue weighted by molar-refractivity contribution is 5.69. The first-order chi connectivity index (χ1) is 15.8. The smallest absolute Gasteiger partial charge is 0.305 e. The van der Waals surface area contributed by atoms with E-state index in [1.807, 2.05) is 0 Å². The zero-order valence-corrected chi connectivity index (χ0v) is 21.9. The van der Waals surface area contributed by atoms with Gasteiger partial charge in [0.2, 0.25) is 0 Å². The Labute approximate surface area is 201 Å². The number of aliphatic hydroxyl groups excluding tert-OH is 1. The van der Waals surface area contributed by atoms with Crippen LogP contribution in [0.1, 0.15) is 167 Å². The number of unbranched alkanes of at least 4 members (excludes halogenated alkanes) is 22. The highest BCUT2D eigenvalue weighted by Crippen LogP contribution is 2.14. The van der Waals surface area contributed by atoms with Crippen molar-refractivity contribution < 1.29 is 14.6 Å². The van der Waals surface area contributed by atoms with E-state index in [1.54, 1.807) is 0 Å². The van der Waals surface area contributed by atoms with Gasteiger partial charge in [-0.2, -0.15) is 0 Å². The Kier molecular flexibility index (Phi) is 28.0. The molecule has 0 saturated heterocycles. The number of carbonyl (C=O) groups is 1. The Hall–Kier alpha value is -0.570. The lowest BCUT2D eigenvalue weighted by Gasteiger charge is -2.06. The van der Waals surface area contributed by atoms with Gasteiger partial charge in [-0.05, 0) is 19.3 Å². The Bertz CT molecular complexity index is 356. The minimum atomic E-state index is 0.00331. The summed E-state index contributed by atoms with van der Waals surface area (Å²) in [6.07, 6.45) is 31.5. The second kappa shape index (κ2) is 28.5. The van der Waals surface area contributed by atoms with E-state index in [9.17, 15) is 4.79 Å². The largest absolute Gasteiger partial charge is 0.466 e. The lowest BCUT2D eigenvalue weighted by Crippen LogP contribution is -2.05. The van der Waals surface area contributed by atoms with Crippen molar-refractivity contribution in [3.05, 3.63) is 0 Å². The van der Waals surface area contributed by atoms with Crippen molar-refractivity contribution in [2.75, 3.05) is 13.2 Å². The van der Waals surface area contributed by atoms with Crippen LogP contribution in [0.25, 0.3) is 0 Å². The van der Waals surface area contributed by atoms with Crippen LogP contribution >= 0.6 is 0 Å². The van der Waals surface area contributed by atoms with E-state index in [0.717, 1.165) is 25.7 Å². The second-order valence-corrected chi connectivity index (χ2v) is 9.83. The summed E-state index contributed by atoms with van der Waals surface area (Å²) in [6.45, 7) is 3.22. The zero-order valence-electron chi connectivity index (χ0n) is 21.9. The van der Waals surface area contributed by atoms with E-state index in [-0.39, 0.29) is 5.97 Å². The van der Waals surface area contributed by atoms with Gasteiger partial charge in [0, 0.05) is 13.0 Å². The van der Waals surface area contributed by atoms with Crippen molar-refractivity contribution in [2.45, 2.75) is 167 Å². The molecule has 3 nitrogen and oxygen atoms in total. The summed E-state index contributed by atoms with van der Waals surface area (Å²) in [5, 5.41) is 8.74. The van der Waals surface area contributed by atoms with Crippen LogP contribution in [-0.2, 0) is 9.53 Å². The fraction of sp³-hybridized carbons (Fsp3) is 0.966. The molecule has 0 aliphatic rings. The Morgan fingerprint density at radius 3 is 1.25 bits per heavy atom. The number of carbonyl (C=O) groups excluding carboxylic acids is 1. The number of hydrogen-bond donors (Lipinski definition) is 1. The van der Waals surface area contributed by atoms with Crippen LogP contribution in [0.4, 0.5) is 0 Å². The first-order valence-corrected chi connectivity index (χ1v) is 14.6. The number of ether oxygens (including phenoxy) is 1. The van der Waals surface area contributed by atoms with Crippen molar-refractivity contribution in [2.24, 2.45) is 0 Å². The number of hydrogen-bond acceptors (Lipinski definition) is 3. The van der Waals surface area contributed by atoms with E-state index < -0.39 is 0 Å². The van der Waals surface area contributed by atoms with Gasteiger partial charge in [0.15, 0.2) is 0 Å². The first kappa shape index (κ1) is 31.4. The maximum Gasteiger partial charge on any atom is 0.305 e. The molecule has 0 heterocycles. The van der Waals surface area contributed by atoms with Crippen LogP contribution in [0.2, 0.25) is 0 Å². The number of esters is 1. The number of aliphatic hydroxyl groups is 1. The van der Waals surface area contributed by atoms with E-state index in [1.165, 1.54) is 128 Å². The molecule has 0 fully saturated rings. The lowest BCUT2D eigenvalue weighted by molar-refractivity contribution is -0.143. The minimum Gasteiger partial charge on any atom is -0.466 e. The van der Waals surface area contributed by atoms with Gasteiger partial charge in [0.1, 0.15) is 0 Å². The maximum atomic E-state index is 11.8. The third-order valence-electron chi connectivity index (χ3n) is 6.55. The normalized spacial score (nSPS) is 11.2. The monoisotopic (exact) mass is 454 g/mol. The standard InChI is InChI=1S/C29H58O3/c1-2-3-4-5-6-7-8-9-10-11-12-14-17-20-23-26-29(31)32-28-25-22-19-16-13-15-18-21-24-27-30/h30H,2-28H2,1H3. The van der Waals surface area contributed by atoms with Gasteiger partial charge in [-0.1, -0.05) is 142 Å². The van der Waals surface area contributed by atoms with E-state index in [2.05, 4.69) is 6.92 Å². The molecule has 0 aromatic rings. The third-order valence-corrected chi connectivity index (χ3v) is 6.55. The molecule has 0 spiro atoms. The van der Waals surface area contributed by atoms with Gasteiger partial charge in [-0.3, -0.25) is 4.79 Å². The molecule has 0 rings (SSSR count). The molecule has 192 valence electrons. The molecule has 1 N–H and O–H groups in total. The topological polar surface area (TPSA) is 46.5 Å². The summed E-state index contributed by atoms with van der Waals surface area (Å²) >= 11 is 0. The molecule has 0 bridgehead atoms. The molecule has 0 aromatic carbocycles. The van der Waals surface area contributed by atoms with Gasteiger partial charge in [-0.15, -0.1) is 0 Å². The summed E-state index contributed by atoms with van der Waals surface area (Å²) < 4.78 is 5.37. The Morgan fingerprint density at radius 2 is 0.844 bits per heavy atom. The summed E-state index contributed by atoms with van der Waals surface area (Å²) in [5.74, 6) is 0.00331. The van der Waals surface area contributed by atoms with Crippen LogP contribution in [0, 0.1) is 0 Å². The molecule has 0 aliphatic heterocycles. The average molecular weight is 455 g/mol. The van der Waals surface area contributed by atoms with Gasteiger partial charge in [0.05, 0.1) is 6.61 Å². The predicted molar refractivity (Wildman–Crippen MR) is 139 cm³/mol. The predicted octanol–water partition coefficient (Wildman–Crippen LogP) is 9.29. The van der Waals surface area contributed by atoms with E-state index in [0.29, 0.717) is 19.6 Å². The summed E-state index contributed by atoms with van der Waals surface area (Å²) in [7, 11) is 0. The second-order valence-electron chi connectivity index (χ2n) is 9.83. The van der Waals surface area contributed by atoms with Gasteiger partial charge in [0.25, 0.3) is 0 Å². The summed E-state index contributed by atoms with van der Waals surface area (Å²) in [6, 6.07) is 0. The van der Waals surface area contributed by atoms with Crippen molar-refractivity contribution >= 4 is 5.97 Å². The SMILES string of the molecule is CCCCCCCCCCCCCCCCCC(=O)OCCCCCCCCCCCO. The molecule has 0 radical (unpaired) electrons. The molecule has 0 unspecified atom stereocenters. The molecule has 0 atom stereocenters. The summed E-state index contributed by atoms with van der Waals surface area (Å²) in [4.78, 5) is 11.8. The zero-order chi connectivity index (χ0) is 23.4. The molecule has 0 amide bonds. The molecule has 0 aliphatic carbocycles. The molecule has 3 heteroatoms. The van der Waals surface area contributed by atoms with Crippen LogP contribution in [0.15, 0.2) is 0 Å². The van der Waals surface area contributed by atoms with Crippen molar-refractivity contribution in [1.29, 1.82) is 0 Å². The average Bonchev–Trinajstić information content (AvgIpc) is 2.80. The third kappa shape index (κ3) is 27.5. The molecule has 32 heavy (non-hydrogen) atoms. The molecular weight excluding hydrogens is 396 g/mol. The van der Waals surface area contributed by atoms with Crippen molar-refractivity contribution in [1.82, 2.24) is 0 Å². The fourth-order valence-electron chi connectivity index (χ4n) is 4.35. The quantitative estimate of drug-likeness (QED) is 0.0993. The van der Waals surface area contributed by atoms with Crippen molar-refractivity contribution in [3.8, 4) is 0 Å². The van der Waals surface area contributed by atoms with E-state index in [4.69, 9.17) is 9.84 Å². The Morgan fingerprint density at radius 1 is 0.500 bits per heavy atom. The van der Waals surface area contributed by atoms with Gasteiger partial charge in [-0.25, -0.2) is 0 Å². The van der Waals surface area contributed by atoms with Crippen molar-refractivity contribution in [3.63, 3.8) is 0 Å². The maximum absolute atomic E-state index is 11.8. The van der Waals surface area contributed by atoms with Crippen LogP contribution in [-0.4, -0.2) is 24.3 Å². The highest BCUT2D eigenvalue weighted by atomic mass is 16.5. The van der Waals surface area contributed by atoms with Gasteiger partial charge >= 0.3 is 5.97 Å². The van der Waals surface area contributed by atoms with E-state index >= 15 is 0 Å².